The molecule has 26 heavy (non-hydrogen) atoms. The zero-order valence-electron chi connectivity index (χ0n) is 16.1. The fourth-order valence-corrected chi connectivity index (χ4v) is 3.74. The van der Waals surface area contributed by atoms with Crippen molar-refractivity contribution < 1.29 is 4.74 Å². The quantitative estimate of drug-likeness (QED) is 0.780. The van der Waals surface area contributed by atoms with Gasteiger partial charge >= 0.3 is 0 Å². The highest BCUT2D eigenvalue weighted by Gasteiger charge is 2.29. The lowest BCUT2D eigenvalue weighted by Gasteiger charge is -2.34. The summed E-state index contributed by atoms with van der Waals surface area (Å²) in [5.41, 5.74) is 3.88. The molecule has 1 unspecified atom stereocenters. The average molecular weight is 352 g/mol. The van der Waals surface area contributed by atoms with Crippen LogP contribution in [0.25, 0.3) is 10.9 Å². The van der Waals surface area contributed by atoms with Crippen molar-refractivity contribution in [1.29, 1.82) is 0 Å². The lowest BCUT2D eigenvalue weighted by Crippen LogP contribution is -2.39. The molecule has 1 fully saturated rings. The summed E-state index contributed by atoms with van der Waals surface area (Å²) in [7, 11) is 2.12. The third-order valence-electron chi connectivity index (χ3n) is 5.31. The van der Waals surface area contributed by atoms with E-state index in [1.165, 1.54) is 22.2 Å². The molecule has 1 aliphatic rings. The molecule has 5 nitrogen and oxygen atoms in total. The van der Waals surface area contributed by atoms with E-state index in [4.69, 9.17) is 4.74 Å². The molecule has 138 valence electrons. The van der Waals surface area contributed by atoms with Gasteiger partial charge in [0.1, 0.15) is 5.82 Å². The Morgan fingerprint density at radius 3 is 2.85 bits per heavy atom. The minimum atomic E-state index is 0.0707. The second-order valence-electron chi connectivity index (χ2n) is 8.28. The number of ether oxygens (including phenoxy) is 1. The fraction of sp³-hybridized carbons (Fsp3) is 0.476. The van der Waals surface area contributed by atoms with Crippen LogP contribution in [0, 0.1) is 0 Å². The van der Waals surface area contributed by atoms with Crippen LogP contribution in [-0.2, 0) is 23.7 Å². The Morgan fingerprint density at radius 1 is 1.27 bits per heavy atom. The predicted octanol–water partition coefficient (Wildman–Crippen LogP) is 3.77. The lowest BCUT2D eigenvalue weighted by molar-refractivity contribution is -0.0155. The number of nitrogens with one attached hydrogen (secondary N) is 1. The maximum Gasteiger partial charge on any atom is 0.126 e. The molecule has 2 aromatic heterocycles. The number of H-pyrrole nitrogens is 1. The Bertz CT molecular complexity index is 902. The number of para-hydroxylation sites is 1. The molecule has 0 radical (unpaired) electrons. The molecule has 1 saturated heterocycles. The van der Waals surface area contributed by atoms with Gasteiger partial charge in [0.15, 0.2) is 0 Å². The van der Waals surface area contributed by atoms with Crippen molar-refractivity contribution in [1.82, 2.24) is 19.4 Å². The van der Waals surface area contributed by atoms with E-state index in [1.54, 1.807) is 0 Å². The van der Waals surface area contributed by atoms with Crippen LogP contribution in [0.1, 0.15) is 43.9 Å². The van der Waals surface area contributed by atoms with Crippen molar-refractivity contribution in [2.75, 3.05) is 19.8 Å². The number of aromatic nitrogens is 3. The summed E-state index contributed by atoms with van der Waals surface area (Å²) in [4.78, 5) is 10.7. The zero-order valence-corrected chi connectivity index (χ0v) is 16.1. The van der Waals surface area contributed by atoms with Crippen LogP contribution in [0.15, 0.2) is 36.7 Å². The third kappa shape index (κ3) is 3.17. The van der Waals surface area contributed by atoms with Gasteiger partial charge in [-0.3, -0.25) is 4.90 Å². The second-order valence-corrected chi connectivity index (χ2v) is 8.28. The van der Waals surface area contributed by atoms with Gasteiger partial charge in [0.05, 0.1) is 19.3 Å². The molecule has 0 amide bonds. The first-order valence-electron chi connectivity index (χ1n) is 9.33. The molecular formula is C21H28N4O. The zero-order chi connectivity index (χ0) is 18.3. The third-order valence-corrected chi connectivity index (χ3v) is 5.31. The Kier molecular flexibility index (Phi) is 4.37. The standard InChI is InChI=1S/C21H28N4O/c1-21(2,3)19-11-22-20(23-19)18-14-26-10-9-25(18)13-15-12-24(4)17-8-6-5-7-16(15)17/h5-8,11-12,18H,9-10,13-14H2,1-4H3,(H,22,23). The molecule has 0 aliphatic carbocycles. The van der Waals surface area contributed by atoms with Crippen LogP contribution in [0.5, 0.6) is 0 Å². The van der Waals surface area contributed by atoms with Gasteiger partial charge in [0.2, 0.25) is 0 Å². The van der Waals surface area contributed by atoms with E-state index in [9.17, 15) is 0 Å². The highest BCUT2D eigenvalue weighted by Crippen LogP contribution is 2.29. The first-order chi connectivity index (χ1) is 12.4. The average Bonchev–Trinajstić information content (AvgIpc) is 3.22. The fourth-order valence-electron chi connectivity index (χ4n) is 3.74. The van der Waals surface area contributed by atoms with Crippen LogP contribution in [-0.4, -0.2) is 39.2 Å². The Labute approximate surface area is 155 Å². The summed E-state index contributed by atoms with van der Waals surface area (Å²) in [6.07, 6.45) is 4.22. The van der Waals surface area contributed by atoms with Crippen LogP contribution in [0.3, 0.4) is 0 Å². The van der Waals surface area contributed by atoms with Crippen molar-refractivity contribution in [3.05, 3.63) is 53.7 Å². The molecule has 1 atom stereocenters. The number of imidazole rings is 1. The van der Waals surface area contributed by atoms with Gasteiger partial charge in [0, 0.05) is 54.5 Å². The molecule has 1 aromatic carbocycles. The molecule has 3 heterocycles. The van der Waals surface area contributed by atoms with E-state index in [0.29, 0.717) is 6.61 Å². The molecule has 0 saturated carbocycles. The van der Waals surface area contributed by atoms with Crippen molar-refractivity contribution >= 4 is 10.9 Å². The minimum absolute atomic E-state index is 0.0707. The maximum atomic E-state index is 5.79. The molecular weight excluding hydrogens is 324 g/mol. The van der Waals surface area contributed by atoms with Crippen molar-refractivity contribution in [2.45, 2.75) is 38.8 Å². The number of fused-ring (bicyclic) bond motifs is 1. The Balaban J connectivity index is 1.62. The molecule has 5 heteroatoms. The van der Waals surface area contributed by atoms with Gasteiger partial charge in [-0.25, -0.2) is 4.98 Å². The number of rotatable bonds is 3. The largest absolute Gasteiger partial charge is 0.378 e. The number of hydrogen-bond donors (Lipinski definition) is 1. The summed E-state index contributed by atoms with van der Waals surface area (Å²) >= 11 is 0. The highest BCUT2D eigenvalue weighted by molar-refractivity contribution is 5.83. The van der Waals surface area contributed by atoms with Gasteiger partial charge < -0.3 is 14.3 Å². The highest BCUT2D eigenvalue weighted by atomic mass is 16.5. The maximum absolute atomic E-state index is 5.79. The number of aromatic amines is 1. The van der Waals surface area contributed by atoms with Gasteiger partial charge in [-0.05, 0) is 11.6 Å². The van der Waals surface area contributed by atoms with E-state index in [-0.39, 0.29) is 11.5 Å². The number of nitrogens with zero attached hydrogens (tertiary/aromatic N) is 3. The summed E-state index contributed by atoms with van der Waals surface area (Å²) in [5.74, 6) is 1.01. The topological polar surface area (TPSA) is 46.1 Å². The number of hydrogen-bond acceptors (Lipinski definition) is 3. The predicted molar refractivity (Wildman–Crippen MR) is 104 cm³/mol. The second kappa shape index (κ2) is 6.56. The van der Waals surface area contributed by atoms with Gasteiger partial charge in [-0.1, -0.05) is 39.0 Å². The Hall–Kier alpha value is -2.11. The van der Waals surface area contributed by atoms with Gasteiger partial charge in [0.25, 0.3) is 0 Å². The van der Waals surface area contributed by atoms with Crippen LogP contribution < -0.4 is 0 Å². The van der Waals surface area contributed by atoms with E-state index >= 15 is 0 Å². The molecule has 4 rings (SSSR count). The Morgan fingerprint density at radius 2 is 2.08 bits per heavy atom. The minimum Gasteiger partial charge on any atom is -0.378 e. The number of morpholine rings is 1. The number of aryl methyl sites for hydroxylation is 1. The SMILES string of the molecule is Cn1cc(CN2CCOCC2c2ncc(C(C)(C)C)[nH]2)c2ccccc21. The molecule has 0 bridgehead atoms. The summed E-state index contributed by atoms with van der Waals surface area (Å²) in [6, 6.07) is 8.77. The van der Waals surface area contributed by atoms with Gasteiger partial charge in [-0.15, -0.1) is 0 Å². The van der Waals surface area contributed by atoms with Crippen molar-refractivity contribution in [3.63, 3.8) is 0 Å². The first kappa shape index (κ1) is 17.3. The van der Waals surface area contributed by atoms with E-state index in [2.05, 4.69) is 77.7 Å². The molecule has 3 aromatic rings. The molecule has 0 spiro atoms. The van der Waals surface area contributed by atoms with E-state index < -0.39 is 0 Å². The monoisotopic (exact) mass is 352 g/mol. The first-order valence-corrected chi connectivity index (χ1v) is 9.33. The van der Waals surface area contributed by atoms with Crippen LogP contribution in [0.2, 0.25) is 0 Å². The van der Waals surface area contributed by atoms with Crippen LogP contribution >= 0.6 is 0 Å². The van der Waals surface area contributed by atoms with Crippen LogP contribution in [0.4, 0.5) is 0 Å². The van der Waals surface area contributed by atoms with Crippen molar-refractivity contribution in [2.24, 2.45) is 7.05 Å². The normalized spacial score (nSPS) is 19.3. The summed E-state index contributed by atoms with van der Waals surface area (Å²) in [5, 5.41) is 1.33. The molecule has 1 aliphatic heterocycles. The van der Waals surface area contributed by atoms with Crippen molar-refractivity contribution in [3.8, 4) is 0 Å². The number of benzene rings is 1. The summed E-state index contributed by atoms with van der Waals surface area (Å²) < 4.78 is 8.00. The van der Waals surface area contributed by atoms with E-state index in [1.807, 2.05) is 6.20 Å². The smallest absolute Gasteiger partial charge is 0.126 e. The van der Waals surface area contributed by atoms with Gasteiger partial charge in [-0.2, -0.15) is 0 Å². The lowest BCUT2D eigenvalue weighted by atomic mass is 9.93. The molecule has 1 N–H and O–H groups in total. The summed E-state index contributed by atoms with van der Waals surface area (Å²) in [6.45, 7) is 9.89. The van der Waals surface area contributed by atoms with E-state index in [0.717, 1.165) is 25.5 Å².